The molecule has 20 heavy (non-hydrogen) atoms. The topological polar surface area (TPSA) is 72.9 Å². The number of nitrogens with one attached hydrogen (secondary N) is 1. The summed E-state index contributed by atoms with van der Waals surface area (Å²) in [5.74, 6) is 0.962. The first-order valence-electron chi connectivity index (χ1n) is 6.65. The Hall–Kier alpha value is -1.31. The molecule has 1 heterocycles. The second kappa shape index (κ2) is 6.43. The van der Waals surface area contributed by atoms with Crippen LogP contribution in [0.1, 0.15) is 20.3 Å². The highest BCUT2D eigenvalue weighted by molar-refractivity contribution is 14.1. The smallest absolute Gasteiger partial charge is 0.221 e. The highest BCUT2D eigenvalue weighted by atomic mass is 127. The Morgan fingerprint density at radius 3 is 2.95 bits per heavy atom. The first kappa shape index (κ1) is 15.1. The third-order valence-electron chi connectivity index (χ3n) is 3.01. The van der Waals surface area contributed by atoms with Gasteiger partial charge in [-0.3, -0.25) is 4.79 Å². The molecule has 0 aliphatic rings. The van der Waals surface area contributed by atoms with Crippen LogP contribution in [0.4, 0.5) is 5.95 Å². The molecular weight excluding hydrogens is 367 g/mol. The Morgan fingerprint density at radius 2 is 2.25 bits per heavy atom. The number of rotatable bonds is 5. The van der Waals surface area contributed by atoms with E-state index in [4.69, 9.17) is 5.73 Å². The first-order chi connectivity index (χ1) is 9.47. The normalized spacial score (nSPS) is 11.2. The Labute approximate surface area is 132 Å². The summed E-state index contributed by atoms with van der Waals surface area (Å²) in [6.07, 6.45) is 0.411. The molecule has 2 aromatic rings. The van der Waals surface area contributed by atoms with E-state index in [9.17, 15) is 4.79 Å². The molecule has 6 heteroatoms. The number of aromatic nitrogens is 2. The summed E-state index contributed by atoms with van der Waals surface area (Å²) in [4.78, 5) is 16.1. The molecular formula is C14H19IN4O. The Bertz CT molecular complexity index is 621. The molecule has 0 spiro atoms. The zero-order valence-corrected chi connectivity index (χ0v) is 13.8. The van der Waals surface area contributed by atoms with Gasteiger partial charge in [-0.25, -0.2) is 4.98 Å². The lowest BCUT2D eigenvalue weighted by atomic mass is 10.2. The van der Waals surface area contributed by atoms with Crippen molar-refractivity contribution in [2.24, 2.45) is 5.92 Å². The van der Waals surface area contributed by atoms with E-state index in [1.807, 2.05) is 22.8 Å². The molecule has 108 valence electrons. The maximum Gasteiger partial charge on any atom is 0.221 e. The zero-order chi connectivity index (χ0) is 14.7. The maximum absolute atomic E-state index is 11.8. The van der Waals surface area contributed by atoms with Crippen LogP contribution in [0.2, 0.25) is 0 Å². The average molecular weight is 386 g/mol. The van der Waals surface area contributed by atoms with Crippen LogP contribution in [-0.4, -0.2) is 22.0 Å². The third kappa shape index (κ3) is 3.62. The van der Waals surface area contributed by atoms with E-state index in [1.165, 1.54) is 0 Å². The fourth-order valence-corrected chi connectivity index (χ4v) is 2.45. The van der Waals surface area contributed by atoms with Gasteiger partial charge in [-0.2, -0.15) is 0 Å². The van der Waals surface area contributed by atoms with Gasteiger partial charge in [-0.05, 0) is 46.7 Å². The fraction of sp³-hybridized carbons (Fsp3) is 0.429. The number of imidazole rings is 1. The van der Waals surface area contributed by atoms with Crippen molar-refractivity contribution in [2.45, 2.75) is 26.8 Å². The third-order valence-corrected chi connectivity index (χ3v) is 3.68. The molecule has 3 N–H and O–H groups in total. The number of halogens is 1. The number of nitrogens with zero attached hydrogens (tertiary/aromatic N) is 2. The van der Waals surface area contributed by atoms with Crippen molar-refractivity contribution >= 4 is 45.5 Å². The van der Waals surface area contributed by atoms with E-state index < -0.39 is 0 Å². The molecule has 0 bridgehead atoms. The fourth-order valence-electron chi connectivity index (χ4n) is 1.98. The minimum absolute atomic E-state index is 0.0467. The van der Waals surface area contributed by atoms with Gasteiger partial charge in [0.15, 0.2) is 0 Å². The lowest BCUT2D eigenvalue weighted by Gasteiger charge is -2.09. The Kier molecular flexibility index (Phi) is 4.85. The van der Waals surface area contributed by atoms with Crippen LogP contribution in [-0.2, 0) is 11.3 Å². The number of hydrogen-bond donors (Lipinski definition) is 2. The summed E-state index contributed by atoms with van der Waals surface area (Å²) < 4.78 is 3.01. The van der Waals surface area contributed by atoms with E-state index in [0.29, 0.717) is 31.4 Å². The lowest BCUT2D eigenvalue weighted by Crippen LogP contribution is -2.28. The van der Waals surface area contributed by atoms with Crippen molar-refractivity contribution in [1.82, 2.24) is 14.9 Å². The van der Waals surface area contributed by atoms with Gasteiger partial charge < -0.3 is 15.6 Å². The van der Waals surface area contributed by atoms with E-state index in [1.54, 1.807) is 0 Å². The van der Waals surface area contributed by atoms with Crippen molar-refractivity contribution in [2.75, 3.05) is 12.3 Å². The molecule has 0 fully saturated rings. The maximum atomic E-state index is 11.8. The van der Waals surface area contributed by atoms with E-state index >= 15 is 0 Å². The molecule has 1 aromatic heterocycles. The monoisotopic (exact) mass is 386 g/mol. The molecule has 2 rings (SSSR count). The molecule has 1 aromatic carbocycles. The summed E-state index contributed by atoms with van der Waals surface area (Å²) in [5.41, 5.74) is 7.77. The minimum atomic E-state index is 0.0467. The number of nitrogens with two attached hydrogens (primary N) is 1. The Balaban J connectivity index is 2.06. The molecule has 0 aliphatic heterocycles. The molecule has 0 aliphatic carbocycles. The number of carbonyl (C=O) groups is 1. The molecule has 0 radical (unpaired) electrons. The highest BCUT2D eigenvalue weighted by Crippen LogP contribution is 2.20. The van der Waals surface area contributed by atoms with Gasteiger partial charge in [0.1, 0.15) is 0 Å². The van der Waals surface area contributed by atoms with Crippen molar-refractivity contribution < 1.29 is 4.79 Å². The van der Waals surface area contributed by atoms with Crippen LogP contribution < -0.4 is 11.1 Å². The Morgan fingerprint density at radius 1 is 1.50 bits per heavy atom. The summed E-state index contributed by atoms with van der Waals surface area (Å²) in [6.45, 7) is 5.40. The van der Waals surface area contributed by atoms with E-state index in [-0.39, 0.29) is 5.91 Å². The van der Waals surface area contributed by atoms with Gasteiger partial charge in [0.25, 0.3) is 0 Å². The molecule has 0 atom stereocenters. The summed E-state index contributed by atoms with van der Waals surface area (Å²) in [7, 11) is 0. The molecule has 0 saturated carbocycles. The number of fused-ring (bicyclic) bond motifs is 1. The SMILES string of the molecule is CC(C)CNC(=O)CCn1c(N)nc2cc(I)ccc21. The second-order valence-corrected chi connectivity index (χ2v) is 6.45. The van der Waals surface area contributed by atoms with Crippen LogP contribution in [0.3, 0.4) is 0 Å². The van der Waals surface area contributed by atoms with Gasteiger partial charge in [0.05, 0.1) is 11.0 Å². The molecule has 0 saturated heterocycles. The summed E-state index contributed by atoms with van der Waals surface area (Å²) >= 11 is 2.24. The zero-order valence-electron chi connectivity index (χ0n) is 11.7. The van der Waals surface area contributed by atoms with Gasteiger partial charge >= 0.3 is 0 Å². The average Bonchev–Trinajstić information content (AvgIpc) is 2.68. The predicted molar refractivity (Wildman–Crippen MR) is 89.3 cm³/mol. The standard InChI is InChI=1S/C14H19IN4O/c1-9(2)8-17-13(20)5-6-19-12-4-3-10(15)7-11(12)18-14(19)16/h3-4,7,9H,5-6,8H2,1-2H3,(H2,16,18)(H,17,20). The largest absolute Gasteiger partial charge is 0.369 e. The lowest BCUT2D eigenvalue weighted by molar-refractivity contribution is -0.121. The highest BCUT2D eigenvalue weighted by Gasteiger charge is 2.10. The van der Waals surface area contributed by atoms with Gasteiger partial charge in [0.2, 0.25) is 11.9 Å². The van der Waals surface area contributed by atoms with Gasteiger partial charge in [-0.15, -0.1) is 0 Å². The van der Waals surface area contributed by atoms with Crippen LogP contribution in [0.25, 0.3) is 11.0 Å². The van der Waals surface area contributed by atoms with Crippen molar-refractivity contribution in [3.8, 4) is 0 Å². The number of benzene rings is 1. The number of nitrogen functional groups attached to an aromatic ring is 1. The number of carbonyl (C=O) groups excluding carboxylic acids is 1. The van der Waals surface area contributed by atoms with Crippen LogP contribution in [0.15, 0.2) is 18.2 Å². The molecule has 5 nitrogen and oxygen atoms in total. The van der Waals surface area contributed by atoms with Crippen molar-refractivity contribution in [1.29, 1.82) is 0 Å². The van der Waals surface area contributed by atoms with Crippen LogP contribution in [0.5, 0.6) is 0 Å². The van der Waals surface area contributed by atoms with E-state index in [2.05, 4.69) is 46.7 Å². The van der Waals surface area contributed by atoms with Crippen molar-refractivity contribution in [3.63, 3.8) is 0 Å². The van der Waals surface area contributed by atoms with Gasteiger partial charge in [0, 0.05) is 23.1 Å². The second-order valence-electron chi connectivity index (χ2n) is 5.20. The molecule has 1 amide bonds. The number of anilines is 1. The van der Waals surface area contributed by atoms with Gasteiger partial charge in [-0.1, -0.05) is 13.8 Å². The van der Waals surface area contributed by atoms with Crippen LogP contribution >= 0.6 is 22.6 Å². The molecule has 0 unspecified atom stereocenters. The van der Waals surface area contributed by atoms with E-state index in [0.717, 1.165) is 14.6 Å². The van der Waals surface area contributed by atoms with Crippen LogP contribution in [0, 0.1) is 9.49 Å². The summed E-state index contributed by atoms with van der Waals surface area (Å²) in [6, 6.07) is 5.99. The quantitative estimate of drug-likeness (QED) is 0.776. The number of amides is 1. The predicted octanol–water partition coefficient (Wildman–Crippen LogP) is 2.39. The first-order valence-corrected chi connectivity index (χ1v) is 7.73. The number of hydrogen-bond acceptors (Lipinski definition) is 3. The number of aryl methyl sites for hydroxylation is 1. The minimum Gasteiger partial charge on any atom is -0.369 e. The summed E-state index contributed by atoms with van der Waals surface area (Å²) in [5, 5.41) is 2.91. The van der Waals surface area contributed by atoms with Crippen molar-refractivity contribution in [3.05, 3.63) is 21.8 Å².